The summed E-state index contributed by atoms with van der Waals surface area (Å²) in [6.07, 6.45) is 5.66. The van der Waals surface area contributed by atoms with Gasteiger partial charge in [0.15, 0.2) is 11.5 Å². The van der Waals surface area contributed by atoms with Crippen LogP contribution in [0.3, 0.4) is 0 Å². The van der Waals surface area contributed by atoms with Crippen molar-refractivity contribution in [3.05, 3.63) is 22.7 Å². The Balaban J connectivity index is 1.76. The highest BCUT2D eigenvalue weighted by Gasteiger charge is 2.30. The van der Waals surface area contributed by atoms with Crippen molar-refractivity contribution < 1.29 is 14.3 Å². The molecule has 2 fully saturated rings. The summed E-state index contributed by atoms with van der Waals surface area (Å²) in [5.41, 5.74) is 0.578. The fourth-order valence-corrected chi connectivity index (χ4v) is 4.29. The van der Waals surface area contributed by atoms with Gasteiger partial charge in [-0.2, -0.15) is 0 Å². The monoisotopic (exact) mass is 394 g/mol. The molecule has 2 aliphatic heterocycles. The predicted octanol–water partition coefficient (Wildman–Crippen LogP) is 4.23. The van der Waals surface area contributed by atoms with Crippen LogP contribution < -0.4 is 9.47 Å². The molecule has 3 rings (SSSR count). The first-order valence-electron chi connectivity index (χ1n) is 10.3. The number of hydrogen-bond acceptors (Lipinski definition) is 4. The Morgan fingerprint density at radius 1 is 1.15 bits per heavy atom. The average molecular weight is 395 g/mol. The lowest BCUT2D eigenvalue weighted by Gasteiger charge is -2.37. The Kier molecular flexibility index (Phi) is 7.25. The Hall–Kier alpha value is -1.46. The van der Waals surface area contributed by atoms with E-state index in [4.69, 9.17) is 21.1 Å². The molecule has 0 radical (unpaired) electrons. The van der Waals surface area contributed by atoms with Gasteiger partial charge in [-0.15, -0.1) is 0 Å². The number of likely N-dealkylation sites (tertiary alicyclic amines) is 2. The molecule has 0 N–H and O–H groups in total. The number of hydrogen-bond donors (Lipinski definition) is 0. The molecule has 1 unspecified atom stereocenters. The van der Waals surface area contributed by atoms with Gasteiger partial charge in [0.25, 0.3) is 5.91 Å². The average Bonchev–Trinajstić information content (AvgIpc) is 3.22. The van der Waals surface area contributed by atoms with Crippen LogP contribution in [-0.2, 0) is 0 Å². The highest BCUT2D eigenvalue weighted by molar-refractivity contribution is 6.32. The summed E-state index contributed by atoms with van der Waals surface area (Å²) in [6.45, 7) is 8.95. The standard InChI is InChI=1S/C21H31ClN2O3/c1-3-12-27-20-18(22)13-16(14-19(20)26-4-2)21(25)24-11-7-8-17(15-24)23-9-5-6-10-23/h13-14,17H,3-12,15H2,1-2H3. The van der Waals surface area contributed by atoms with E-state index in [1.165, 1.54) is 19.3 Å². The zero-order chi connectivity index (χ0) is 19.2. The minimum Gasteiger partial charge on any atom is -0.490 e. The second-order valence-corrected chi connectivity index (χ2v) is 7.76. The number of halogens is 1. The molecule has 0 aliphatic carbocycles. The summed E-state index contributed by atoms with van der Waals surface area (Å²) < 4.78 is 11.5. The highest BCUT2D eigenvalue weighted by atomic mass is 35.5. The quantitative estimate of drug-likeness (QED) is 0.694. The van der Waals surface area contributed by atoms with Crippen LogP contribution in [0.25, 0.3) is 0 Å². The maximum Gasteiger partial charge on any atom is 0.254 e. The molecule has 0 bridgehead atoms. The number of carbonyl (C=O) groups is 1. The number of carbonyl (C=O) groups excluding carboxylic acids is 1. The number of nitrogens with zero attached hydrogens (tertiary/aromatic N) is 2. The fourth-order valence-electron chi connectivity index (χ4n) is 4.03. The number of ether oxygens (including phenoxy) is 2. The molecule has 1 aromatic carbocycles. The molecule has 2 saturated heterocycles. The first-order valence-corrected chi connectivity index (χ1v) is 10.6. The Bertz CT molecular complexity index is 647. The summed E-state index contributed by atoms with van der Waals surface area (Å²) in [5, 5.41) is 0.436. The van der Waals surface area contributed by atoms with E-state index < -0.39 is 0 Å². The third-order valence-corrected chi connectivity index (χ3v) is 5.63. The second kappa shape index (κ2) is 9.65. The highest BCUT2D eigenvalue weighted by Crippen LogP contribution is 2.37. The van der Waals surface area contributed by atoms with Crippen LogP contribution in [-0.4, -0.2) is 61.1 Å². The molecule has 150 valence electrons. The number of benzene rings is 1. The van der Waals surface area contributed by atoms with Gasteiger partial charge in [-0.3, -0.25) is 9.69 Å². The topological polar surface area (TPSA) is 42.0 Å². The molecule has 1 atom stereocenters. The maximum absolute atomic E-state index is 13.1. The van der Waals surface area contributed by atoms with Gasteiger partial charge in [0, 0.05) is 24.7 Å². The van der Waals surface area contributed by atoms with Gasteiger partial charge in [0.1, 0.15) is 0 Å². The fraction of sp³-hybridized carbons (Fsp3) is 0.667. The van der Waals surface area contributed by atoms with E-state index in [2.05, 4.69) is 4.90 Å². The largest absolute Gasteiger partial charge is 0.490 e. The van der Waals surface area contributed by atoms with Crippen molar-refractivity contribution in [2.75, 3.05) is 39.4 Å². The van der Waals surface area contributed by atoms with Crippen molar-refractivity contribution in [2.45, 2.75) is 52.0 Å². The molecular weight excluding hydrogens is 364 g/mol. The molecule has 0 saturated carbocycles. The first kappa shape index (κ1) is 20.3. The molecule has 5 nitrogen and oxygen atoms in total. The minimum absolute atomic E-state index is 0.0313. The van der Waals surface area contributed by atoms with Crippen molar-refractivity contribution in [2.24, 2.45) is 0 Å². The van der Waals surface area contributed by atoms with E-state index in [-0.39, 0.29) is 5.91 Å². The molecular formula is C21H31ClN2O3. The smallest absolute Gasteiger partial charge is 0.254 e. The lowest BCUT2D eigenvalue weighted by molar-refractivity contribution is 0.0607. The first-order chi connectivity index (χ1) is 13.1. The lowest BCUT2D eigenvalue weighted by atomic mass is 10.0. The number of piperidine rings is 1. The molecule has 2 heterocycles. The van der Waals surface area contributed by atoms with Crippen molar-refractivity contribution >= 4 is 17.5 Å². The molecule has 1 aromatic rings. The van der Waals surface area contributed by atoms with Crippen LogP contribution in [0.2, 0.25) is 5.02 Å². The van der Waals surface area contributed by atoms with Crippen molar-refractivity contribution in [3.63, 3.8) is 0 Å². The van der Waals surface area contributed by atoms with Gasteiger partial charge < -0.3 is 14.4 Å². The minimum atomic E-state index is 0.0313. The maximum atomic E-state index is 13.1. The van der Waals surface area contributed by atoms with Gasteiger partial charge in [0.2, 0.25) is 0 Å². The lowest BCUT2D eigenvalue weighted by Crippen LogP contribution is -2.49. The Morgan fingerprint density at radius 2 is 1.93 bits per heavy atom. The van der Waals surface area contributed by atoms with Crippen molar-refractivity contribution in [3.8, 4) is 11.5 Å². The van der Waals surface area contributed by atoms with E-state index in [0.29, 0.717) is 41.3 Å². The van der Waals surface area contributed by atoms with E-state index in [9.17, 15) is 4.79 Å². The summed E-state index contributed by atoms with van der Waals surface area (Å²) in [6, 6.07) is 3.98. The van der Waals surface area contributed by atoms with Crippen LogP contribution in [0, 0.1) is 0 Å². The molecule has 0 spiro atoms. The number of rotatable bonds is 7. The Morgan fingerprint density at radius 3 is 2.63 bits per heavy atom. The third-order valence-electron chi connectivity index (χ3n) is 5.35. The number of amides is 1. The van der Waals surface area contributed by atoms with Crippen LogP contribution in [0.1, 0.15) is 56.3 Å². The van der Waals surface area contributed by atoms with Crippen LogP contribution >= 0.6 is 11.6 Å². The molecule has 6 heteroatoms. The molecule has 0 aromatic heterocycles. The van der Waals surface area contributed by atoms with Gasteiger partial charge >= 0.3 is 0 Å². The third kappa shape index (κ3) is 4.88. The summed E-state index contributed by atoms with van der Waals surface area (Å²) in [5.74, 6) is 1.11. The van der Waals surface area contributed by atoms with E-state index in [1.54, 1.807) is 12.1 Å². The van der Waals surface area contributed by atoms with Crippen LogP contribution in [0.15, 0.2) is 12.1 Å². The Labute approximate surface area is 167 Å². The molecule has 1 amide bonds. The molecule has 27 heavy (non-hydrogen) atoms. The normalized spacial score (nSPS) is 20.7. The van der Waals surface area contributed by atoms with Gasteiger partial charge in [0.05, 0.1) is 18.2 Å². The van der Waals surface area contributed by atoms with Crippen molar-refractivity contribution in [1.82, 2.24) is 9.80 Å². The van der Waals surface area contributed by atoms with Gasteiger partial charge in [-0.05, 0) is 64.3 Å². The van der Waals surface area contributed by atoms with Crippen molar-refractivity contribution in [1.29, 1.82) is 0 Å². The van der Waals surface area contributed by atoms with E-state index >= 15 is 0 Å². The van der Waals surface area contributed by atoms with Crippen LogP contribution in [0.4, 0.5) is 0 Å². The predicted molar refractivity (Wildman–Crippen MR) is 108 cm³/mol. The van der Waals surface area contributed by atoms with Crippen LogP contribution in [0.5, 0.6) is 11.5 Å². The summed E-state index contributed by atoms with van der Waals surface area (Å²) >= 11 is 6.44. The summed E-state index contributed by atoms with van der Waals surface area (Å²) in [4.78, 5) is 17.7. The van der Waals surface area contributed by atoms with E-state index in [1.807, 2.05) is 18.7 Å². The van der Waals surface area contributed by atoms with Gasteiger partial charge in [-0.1, -0.05) is 18.5 Å². The zero-order valence-corrected chi connectivity index (χ0v) is 17.3. The van der Waals surface area contributed by atoms with Gasteiger partial charge in [-0.25, -0.2) is 0 Å². The second-order valence-electron chi connectivity index (χ2n) is 7.36. The van der Waals surface area contributed by atoms with E-state index in [0.717, 1.165) is 39.0 Å². The SMILES string of the molecule is CCCOc1c(Cl)cc(C(=O)N2CCCC(N3CCCC3)C2)cc1OCC. The zero-order valence-electron chi connectivity index (χ0n) is 16.5. The summed E-state index contributed by atoms with van der Waals surface area (Å²) in [7, 11) is 0. The molecule has 2 aliphatic rings.